The molecule has 0 fully saturated rings. The van der Waals surface area contributed by atoms with Crippen molar-refractivity contribution in [2.75, 3.05) is 5.32 Å². The van der Waals surface area contributed by atoms with Crippen LogP contribution in [0.4, 0.5) is 5.69 Å². The molecule has 3 rings (SSSR count). The summed E-state index contributed by atoms with van der Waals surface area (Å²) in [5, 5.41) is 6.97. The van der Waals surface area contributed by atoms with Gasteiger partial charge < -0.3 is 9.88 Å². The van der Waals surface area contributed by atoms with E-state index in [9.17, 15) is 9.59 Å². The van der Waals surface area contributed by atoms with Gasteiger partial charge in [-0.25, -0.2) is 4.68 Å². The lowest BCUT2D eigenvalue weighted by Crippen LogP contribution is -2.15. The van der Waals surface area contributed by atoms with E-state index in [1.165, 1.54) is 6.92 Å². The van der Waals surface area contributed by atoms with Gasteiger partial charge in [0.05, 0.1) is 5.69 Å². The summed E-state index contributed by atoms with van der Waals surface area (Å²) in [4.78, 5) is 23.7. The maximum Gasteiger partial charge on any atom is 0.272 e. The molecule has 6 nitrogen and oxygen atoms in total. The monoisotopic (exact) mass is 308 g/mol. The molecule has 0 saturated carbocycles. The Morgan fingerprint density at radius 3 is 2.48 bits per heavy atom. The van der Waals surface area contributed by atoms with Crippen LogP contribution in [0, 0.1) is 0 Å². The van der Waals surface area contributed by atoms with Gasteiger partial charge in [-0.2, -0.15) is 5.10 Å². The number of nitrogens with one attached hydrogen (secondary N) is 1. The molecule has 0 saturated heterocycles. The number of nitrogens with zero attached hydrogens (tertiary/aromatic N) is 3. The van der Waals surface area contributed by atoms with E-state index in [-0.39, 0.29) is 11.7 Å². The lowest BCUT2D eigenvalue weighted by atomic mass is 10.2. The Balaban J connectivity index is 1.76. The van der Waals surface area contributed by atoms with Gasteiger partial charge in [-0.15, -0.1) is 0 Å². The third kappa shape index (κ3) is 3.06. The second-order valence-corrected chi connectivity index (χ2v) is 5.23. The van der Waals surface area contributed by atoms with Crippen molar-refractivity contribution in [3.8, 4) is 5.69 Å². The number of carbonyl (C=O) groups is 2. The predicted octanol–water partition coefficient (Wildman–Crippen LogP) is 2.67. The number of aryl methyl sites for hydroxylation is 1. The van der Waals surface area contributed by atoms with Gasteiger partial charge in [-0.05, 0) is 43.3 Å². The summed E-state index contributed by atoms with van der Waals surface area (Å²) in [6.45, 7) is 1.48. The van der Waals surface area contributed by atoms with Crippen LogP contribution in [0.15, 0.2) is 55.0 Å². The van der Waals surface area contributed by atoms with E-state index in [1.54, 1.807) is 34.8 Å². The van der Waals surface area contributed by atoms with Crippen LogP contribution in [0.25, 0.3) is 5.69 Å². The number of Topliss-reactive ketones (excluding diaryl/α,β-unsaturated/α-hetero) is 1. The van der Waals surface area contributed by atoms with Crippen LogP contribution in [0.3, 0.4) is 0 Å². The Hall–Kier alpha value is -3.15. The average molecular weight is 308 g/mol. The number of benzene rings is 1. The topological polar surface area (TPSA) is 68.9 Å². The van der Waals surface area contributed by atoms with Gasteiger partial charge in [-0.3, -0.25) is 9.59 Å². The second kappa shape index (κ2) is 5.92. The van der Waals surface area contributed by atoms with Gasteiger partial charge >= 0.3 is 0 Å². The Morgan fingerprint density at radius 2 is 1.91 bits per heavy atom. The van der Waals surface area contributed by atoms with E-state index in [0.717, 1.165) is 5.69 Å². The minimum absolute atomic E-state index is 0.0665. The smallest absolute Gasteiger partial charge is 0.272 e. The van der Waals surface area contributed by atoms with Gasteiger partial charge in [-0.1, -0.05) is 0 Å². The third-order valence-corrected chi connectivity index (χ3v) is 3.54. The maximum atomic E-state index is 12.3. The number of rotatable bonds is 4. The predicted molar refractivity (Wildman–Crippen MR) is 86.9 cm³/mol. The van der Waals surface area contributed by atoms with Gasteiger partial charge in [0.25, 0.3) is 5.91 Å². The fraction of sp³-hybridized carbons (Fsp3) is 0.118. The molecule has 0 aliphatic carbocycles. The van der Waals surface area contributed by atoms with Crippen molar-refractivity contribution in [1.82, 2.24) is 14.3 Å². The Bertz CT molecular complexity index is 845. The summed E-state index contributed by atoms with van der Waals surface area (Å²) >= 11 is 0. The number of amides is 1. The Morgan fingerprint density at radius 1 is 1.17 bits per heavy atom. The summed E-state index contributed by atoms with van der Waals surface area (Å²) in [6.07, 6.45) is 5.20. The Kier molecular flexibility index (Phi) is 3.80. The van der Waals surface area contributed by atoms with Gasteiger partial charge in [0, 0.05) is 36.9 Å². The number of ketones is 1. The molecule has 1 amide bonds. The SMILES string of the molecule is CC(=O)c1cc(C(=O)Nc2ccc(-n3cccn3)cc2)n(C)c1. The standard InChI is InChI=1S/C17H16N4O2/c1-12(22)13-10-16(20(2)11-13)17(23)19-14-4-6-15(7-5-14)21-9-3-8-18-21/h3-11H,1-2H3,(H,19,23). The highest BCUT2D eigenvalue weighted by molar-refractivity contribution is 6.05. The second-order valence-electron chi connectivity index (χ2n) is 5.23. The molecule has 0 unspecified atom stereocenters. The molecule has 116 valence electrons. The van der Waals surface area contributed by atoms with E-state index in [2.05, 4.69) is 10.4 Å². The zero-order valence-electron chi connectivity index (χ0n) is 12.9. The summed E-state index contributed by atoms with van der Waals surface area (Å²) in [5.41, 5.74) is 2.54. The molecule has 0 bridgehead atoms. The number of hydrogen-bond donors (Lipinski definition) is 1. The number of carbonyl (C=O) groups excluding carboxylic acids is 2. The minimum Gasteiger partial charge on any atom is -0.346 e. The van der Waals surface area contributed by atoms with Crippen molar-refractivity contribution >= 4 is 17.4 Å². The highest BCUT2D eigenvalue weighted by Gasteiger charge is 2.14. The van der Waals surface area contributed by atoms with Crippen LogP contribution in [-0.4, -0.2) is 26.0 Å². The third-order valence-electron chi connectivity index (χ3n) is 3.54. The quantitative estimate of drug-likeness (QED) is 0.753. The van der Waals surface area contributed by atoms with Crippen molar-refractivity contribution in [3.63, 3.8) is 0 Å². The highest BCUT2D eigenvalue weighted by atomic mass is 16.2. The van der Waals surface area contributed by atoms with Crippen LogP contribution >= 0.6 is 0 Å². The molecule has 0 aliphatic heterocycles. The first-order chi connectivity index (χ1) is 11.0. The Labute approximate surface area is 133 Å². The molecule has 1 aromatic carbocycles. The fourth-order valence-corrected chi connectivity index (χ4v) is 2.30. The molecular weight excluding hydrogens is 292 g/mol. The van der Waals surface area contributed by atoms with Crippen molar-refractivity contribution in [2.24, 2.45) is 7.05 Å². The first kappa shape index (κ1) is 14.8. The molecule has 6 heteroatoms. The lowest BCUT2D eigenvalue weighted by Gasteiger charge is -2.07. The van der Waals surface area contributed by atoms with Crippen LogP contribution in [0.1, 0.15) is 27.8 Å². The van der Waals surface area contributed by atoms with Gasteiger partial charge in [0.15, 0.2) is 5.78 Å². The summed E-state index contributed by atoms with van der Waals surface area (Å²) in [5.74, 6) is -0.324. The lowest BCUT2D eigenvalue weighted by molar-refractivity contribution is 0.101. The van der Waals surface area contributed by atoms with Crippen molar-refractivity contribution in [3.05, 3.63) is 66.2 Å². The van der Waals surface area contributed by atoms with Crippen molar-refractivity contribution in [2.45, 2.75) is 6.92 Å². The average Bonchev–Trinajstić information content (AvgIpc) is 3.17. The molecule has 3 aromatic rings. The summed E-state index contributed by atoms with van der Waals surface area (Å²) < 4.78 is 3.38. The maximum absolute atomic E-state index is 12.3. The molecule has 2 heterocycles. The fourth-order valence-electron chi connectivity index (χ4n) is 2.30. The van der Waals surface area contributed by atoms with Crippen LogP contribution in [-0.2, 0) is 7.05 Å². The van der Waals surface area contributed by atoms with Crippen molar-refractivity contribution in [1.29, 1.82) is 0 Å². The van der Waals surface area contributed by atoms with E-state index in [4.69, 9.17) is 0 Å². The highest BCUT2D eigenvalue weighted by Crippen LogP contribution is 2.15. The molecule has 0 radical (unpaired) electrons. The number of anilines is 1. The molecule has 2 aromatic heterocycles. The van der Waals surface area contributed by atoms with Crippen LogP contribution in [0.2, 0.25) is 0 Å². The molecule has 0 atom stereocenters. The van der Waals surface area contributed by atoms with E-state index in [0.29, 0.717) is 16.9 Å². The number of hydrogen-bond acceptors (Lipinski definition) is 3. The molecular formula is C17H16N4O2. The van der Waals surface area contributed by atoms with Gasteiger partial charge in [0.2, 0.25) is 0 Å². The van der Waals surface area contributed by atoms with E-state index >= 15 is 0 Å². The molecule has 1 N–H and O–H groups in total. The summed E-state index contributed by atoms with van der Waals surface area (Å²) in [6, 6.07) is 10.8. The van der Waals surface area contributed by atoms with E-state index < -0.39 is 0 Å². The molecule has 0 spiro atoms. The molecule has 23 heavy (non-hydrogen) atoms. The molecule has 0 aliphatic rings. The van der Waals surface area contributed by atoms with Crippen molar-refractivity contribution < 1.29 is 9.59 Å². The zero-order valence-corrected chi connectivity index (χ0v) is 12.9. The largest absolute Gasteiger partial charge is 0.346 e. The first-order valence-corrected chi connectivity index (χ1v) is 7.13. The van der Waals surface area contributed by atoms with Crippen LogP contribution in [0.5, 0.6) is 0 Å². The first-order valence-electron chi connectivity index (χ1n) is 7.13. The van der Waals surface area contributed by atoms with Gasteiger partial charge in [0.1, 0.15) is 5.69 Å². The minimum atomic E-state index is -0.258. The number of aromatic nitrogens is 3. The van der Waals surface area contributed by atoms with Crippen LogP contribution < -0.4 is 5.32 Å². The normalized spacial score (nSPS) is 10.5. The van der Waals surface area contributed by atoms with E-state index in [1.807, 2.05) is 36.5 Å². The zero-order chi connectivity index (χ0) is 16.4. The summed E-state index contributed by atoms with van der Waals surface area (Å²) in [7, 11) is 1.74.